The maximum atomic E-state index is 10.3. The minimum absolute atomic E-state index is 0.0200. The average molecular weight is 417 g/mol. The van der Waals surface area contributed by atoms with Crippen molar-refractivity contribution < 1.29 is 9.47 Å². The zero-order valence-electron chi connectivity index (χ0n) is 18.7. The lowest BCUT2D eigenvalue weighted by Gasteiger charge is -2.47. The summed E-state index contributed by atoms with van der Waals surface area (Å²) in [7, 11) is 3.13. The number of nitriles is 3. The fourth-order valence-electron chi connectivity index (χ4n) is 5.02. The highest BCUT2D eigenvalue weighted by Gasteiger charge is 2.55. The van der Waals surface area contributed by atoms with Gasteiger partial charge in [0, 0.05) is 11.5 Å². The van der Waals surface area contributed by atoms with Crippen LogP contribution in [-0.4, -0.2) is 14.2 Å². The Hall–Kier alpha value is -3.43. The molecule has 160 valence electrons. The van der Waals surface area contributed by atoms with E-state index in [-0.39, 0.29) is 22.6 Å². The zero-order chi connectivity index (χ0) is 23.0. The molecule has 0 bridgehead atoms. The van der Waals surface area contributed by atoms with Gasteiger partial charge in [-0.1, -0.05) is 26.8 Å². The van der Waals surface area contributed by atoms with Crippen molar-refractivity contribution in [3.05, 3.63) is 46.7 Å². The van der Waals surface area contributed by atoms with E-state index in [1.165, 1.54) is 0 Å². The van der Waals surface area contributed by atoms with E-state index < -0.39 is 11.3 Å². The SMILES string of the molecule is COc1ccc(OC)c([C@@H]2[C@H]3CC(C(C)(C)C)CC=C3C(C#N)=C(N)C2(C#N)C#N)c1. The van der Waals surface area contributed by atoms with Crippen molar-refractivity contribution in [3.63, 3.8) is 0 Å². The summed E-state index contributed by atoms with van der Waals surface area (Å²) in [5.74, 6) is 0.671. The second-order valence-electron chi connectivity index (χ2n) is 9.32. The molecule has 1 aromatic carbocycles. The van der Waals surface area contributed by atoms with E-state index in [1.807, 2.05) is 6.07 Å². The van der Waals surface area contributed by atoms with Crippen LogP contribution in [0.2, 0.25) is 0 Å². The van der Waals surface area contributed by atoms with Gasteiger partial charge in [-0.2, -0.15) is 15.8 Å². The number of rotatable bonds is 3. The minimum atomic E-state index is -1.69. The Bertz CT molecular complexity index is 1060. The van der Waals surface area contributed by atoms with Crippen LogP contribution in [0.4, 0.5) is 0 Å². The molecular formula is C25H28N4O2. The summed E-state index contributed by atoms with van der Waals surface area (Å²) in [6, 6.07) is 11.9. The molecule has 0 fully saturated rings. The molecule has 6 heteroatoms. The van der Waals surface area contributed by atoms with E-state index in [4.69, 9.17) is 15.2 Å². The summed E-state index contributed by atoms with van der Waals surface area (Å²) in [5, 5.41) is 30.4. The first-order valence-electron chi connectivity index (χ1n) is 10.3. The smallest absolute Gasteiger partial charge is 0.191 e. The van der Waals surface area contributed by atoms with Crippen molar-refractivity contribution in [3.8, 4) is 29.7 Å². The fourth-order valence-corrected chi connectivity index (χ4v) is 5.02. The monoisotopic (exact) mass is 416 g/mol. The third-order valence-corrected chi connectivity index (χ3v) is 6.87. The molecule has 31 heavy (non-hydrogen) atoms. The van der Waals surface area contributed by atoms with E-state index in [1.54, 1.807) is 26.4 Å². The van der Waals surface area contributed by atoms with Gasteiger partial charge in [-0.3, -0.25) is 0 Å². The molecule has 0 amide bonds. The topological polar surface area (TPSA) is 116 Å². The second-order valence-corrected chi connectivity index (χ2v) is 9.32. The largest absolute Gasteiger partial charge is 0.497 e. The summed E-state index contributed by atoms with van der Waals surface area (Å²) in [5.41, 5.74) is 6.56. The van der Waals surface area contributed by atoms with Gasteiger partial charge in [0.05, 0.1) is 37.6 Å². The summed E-state index contributed by atoms with van der Waals surface area (Å²) >= 11 is 0. The molecule has 1 unspecified atom stereocenters. The normalized spacial score (nSPS) is 24.7. The molecule has 0 saturated heterocycles. The molecular weight excluding hydrogens is 388 g/mol. The number of nitrogens with zero attached hydrogens (tertiary/aromatic N) is 3. The van der Waals surface area contributed by atoms with Crippen LogP contribution in [0.1, 0.15) is 45.1 Å². The Morgan fingerprint density at radius 2 is 1.77 bits per heavy atom. The molecule has 2 aliphatic carbocycles. The number of allylic oxidation sites excluding steroid dienone is 4. The molecule has 0 aliphatic heterocycles. The van der Waals surface area contributed by atoms with Crippen LogP contribution in [-0.2, 0) is 0 Å². The van der Waals surface area contributed by atoms with Crippen molar-refractivity contribution in [1.29, 1.82) is 15.8 Å². The highest BCUT2D eigenvalue weighted by atomic mass is 16.5. The minimum Gasteiger partial charge on any atom is -0.497 e. The van der Waals surface area contributed by atoms with Crippen LogP contribution in [0, 0.1) is 56.7 Å². The van der Waals surface area contributed by atoms with Crippen molar-refractivity contribution in [1.82, 2.24) is 0 Å². The van der Waals surface area contributed by atoms with Crippen molar-refractivity contribution in [2.75, 3.05) is 14.2 Å². The summed E-state index contributed by atoms with van der Waals surface area (Å²) in [4.78, 5) is 0. The second kappa shape index (κ2) is 8.01. The number of hydrogen-bond acceptors (Lipinski definition) is 6. The van der Waals surface area contributed by atoms with E-state index in [0.29, 0.717) is 23.0 Å². The Morgan fingerprint density at radius 3 is 2.29 bits per heavy atom. The van der Waals surface area contributed by atoms with Crippen molar-refractivity contribution in [2.45, 2.75) is 39.5 Å². The number of fused-ring (bicyclic) bond motifs is 1. The molecule has 0 aromatic heterocycles. The number of nitrogens with two attached hydrogens (primary N) is 1. The van der Waals surface area contributed by atoms with Gasteiger partial charge in [0.1, 0.15) is 17.6 Å². The molecule has 2 aliphatic rings. The van der Waals surface area contributed by atoms with Gasteiger partial charge in [0.2, 0.25) is 0 Å². The van der Waals surface area contributed by atoms with Crippen LogP contribution in [0.25, 0.3) is 0 Å². The number of benzene rings is 1. The van der Waals surface area contributed by atoms with Crippen LogP contribution in [0.3, 0.4) is 0 Å². The average Bonchev–Trinajstić information content (AvgIpc) is 2.77. The van der Waals surface area contributed by atoms with Gasteiger partial charge in [-0.25, -0.2) is 0 Å². The molecule has 0 saturated carbocycles. The first-order valence-corrected chi connectivity index (χ1v) is 10.3. The van der Waals surface area contributed by atoms with Crippen molar-refractivity contribution in [2.24, 2.45) is 28.4 Å². The fraction of sp³-hybridized carbons (Fsp3) is 0.480. The van der Waals surface area contributed by atoms with Gasteiger partial charge in [0.15, 0.2) is 5.41 Å². The van der Waals surface area contributed by atoms with Crippen LogP contribution >= 0.6 is 0 Å². The molecule has 3 atom stereocenters. The summed E-state index contributed by atoms with van der Waals surface area (Å²) < 4.78 is 11.1. The van der Waals surface area contributed by atoms with Gasteiger partial charge < -0.3 is 15.2 Å². The van der Waals surface area contributed by atoms with E-state index >= 15 is 0 Å². The first-order chi connectivity index (χ1) is 14.7. The molecule has 1 aromatic rings. The van der Waals surface area contributed by atoms with Crippen LogP contribution in [0.15, 0.2) is 41.1 Å². The van der Waals surface area contributed by atoms with Crippen LogP contribution in [0.5, 0.6) is 11.5 Å². The van der Waals surface area contributed by atoms with Gasteiger partial charge in [0.25, 0.3) is 0 Å². The predicted octanol–water partition coefficient (Wildman–Crippen LogP) is 4.57. The summed E-state index contributed by atoms with van der Waals surface area (Å²) in [6.07, 6.45) is 3.64. The summed E-state index contributed by atoms with van der Waals surface area (Å²) in [6.45, 7) is 6.58. The third-order valence-electron chi connectivity index (χ3n) is 6.87. The molecule has 0 heterocycles. The maximum Gasteiger partial charge on any atom is 0.191 e. The first kappa shape index (κ1) is 22.3. The highest BCUT2D eigenvalue weighted by molar-refractivity contribution is 5.61. The molecule has 2 N–H and O–H groups in total. The van der Waals surface area contributed by atoms with Crippen molar-refractivity contribution >= 4 is 0 Å². The molecule has 6 nitrogen and oxygen atoms in total. The standard InChI is InChI=1S/C25H28N4O2/c1-24(2,3)15-6-8-17-18(10-15)22(19-11-16(30-4)7-9-21(19)31-5)25(13-27,14-28)23(29)20(17)12-26/h7-9,11,15,18,22H,6,10,29H2,1-5H3/t15?,18-,22-/m0/s1. The van der Waals surface area contributed by atoms with Gasteiger partial charge >= 0.3 is 0 Å². The maximum absolute atomic E-state index is 10.3. The highest BCUT2D eigenvalue weighted by Crippen LogP contribution is 2.59. The third kappa shape index (κ3) is 3.41. The Labute approximate surface area is 184 Å². The van der Waals surface area contributed by atoms with E-state index in [0.717, 1.165) is 18.4 Å². The number of methoxy groups -OCH3 is 2. The number of ether oxygens (including phenoxy) is 2. The zero-order valence-corrected chi connectivity index (χ0v) is 18.7. The van der Waals surface area contributed by atoms with Crippen LogP contribution < -0.4 is 15.2 Å². The van der Waals surface area contributed by atoms with Gasteiger partial charge in [-0.05, 0) is 53.9 Å². The lowest BCUT2D eigenvalue weighted by atomic mass is 9.54. The number of hydrogen-bond donors (Lipinski definition) is 1. The molecule has 0 radical (unpaired) electrons. The Morgan fingerprint density at radius 1 is 1.10 bits per heavy atom. The molecule has 3 rings (SSSR count). The van der Waals surface area contributed by atoms with E-state index in [9.17, 15) is 15.8 Å². The lowest BCUT2D eigenvalue weighted by Crippen LogP contribution is -2.44. The van der Waals surface area contributed by atoms with E-state index in [2.05, 4.69) is 45.1 Å². The quantitative estimate of drug-likeness (QED) is 0.771. The predicted molar refractivity (Wildman–Crippen MR) is 117 cm³/mol. The lowest BCUT2D eigenvalue weighted by molar-refractivity contribution is 0.169. The molecule has 0 spiro atoms. The Balaban J connectivity index is 2.37. The van der Waals surface area contributed by atoms with Gasteiger partial charge in [-0.15, -0.1) is 0 Å². The Kier molecular flexibility index (Phi) is 5.75.